The number of carbonyl (C=O) groups excluding carboxylic acids is 2. The molecule has 20 heavy (non-hydrogen) atoms. The third-order valence-electron chi connectivity index (χ3n) is 3.86. The van der Waals surface area contributed by atoms with E-state index in [2.05, 4.69) is 5.32 Å². The van der Waals surface area contributed by atoms with Crippen LogP contribution in [0.4, 0.5) is 4.79 Å². The Balaban J connectivity index is 2.08. The zero-order valence-electron chi connectivity index (χ0n) is 12.7. The van der Waals surface area contributed by atoms with Crippen molar-refractivity contribution in [3.05, 3.63) is 0 Å². The first-order valence-corrected chi connectivity index (χ1v) is 7.14. The topological polar surface area (TPSA) is 67.9 Å². The van der Waals surface area contributed by atoms with E-state index >= 15 is 0 Å². The van der Waals surface area contributed by atoms with Crippen LogP contribution in [0.1, 0.15) is 27.7 Å². The van der Waals surface area contributed by atoms with Crippen LogP contribution in [0.5, 0.6) is 0 Å². The Hall–Kier alpha value is -1.30. The largest absolute Gasteiger partial charge is 0.465 e. The minimum atomic E-state index is -0.604. The maximum atomic E-state index is 12.3. The van der Waals surface area contributed by atoms with Crippen molar-refractivity contribution in [3.63, 3.8) is 0 Å². The van der Waals surface area contributed by atoms with Crippen LogP contribution in [0.25, 0.3) is 0 Å². The first-order chi connectivity index (χ1) is 9.28. The van der Waals surface area contributed by atoms with Gasteiger partial charge in [0.05, 0.1) is 6.61 Å². The van der Waals surface area contributed by atoms with Gasteiger partial charge in [-0.25, -0.2) is 4.79 Å². The number of nitrogens with one attached hydrogen (secondary N) is 1. The molecule has 6 nitrogen and oxygen atoms in total. The average molecular weight is 284 g/mol. The molecular weight excluding hydrogens is 260 g/mol. The molecule has 2 aliphatic heterocycles. The van der Waals surface area contributed by atoms with Crippen LogP contribution in [0.3, 0.4) is 0 Å². The smallest absolute Gasteiger partial charge is 0.410 e. The second-order valence-electron chi connectivity index (χ2n) is 6.57. The van der Waals surface area contributed by atoms with Crippen LogP contribution >= 0.6 is 0 Å². The summed E-state index contributed by atoms with van der Waals surface area (Å²) in [5.74, 6) is -0.102. The molecule has 2 aliphatic rings. The van der Waals surface area contributed by atoms with Gasteiger partial charge >= 0.3 is 12.1 Å². The summed E-state index contributed by atoms with van der Waals surface area (Å²) >= 11 is 0. The van der Waals surface area contributed by atoms with Gasteiger partial charge in [-0.1, -0.05) is 0 Å². The second kappa shape index (κ2) is 5.24. The molecule has 0 spiro atoms. The standard InChI is InChI=1S/C14H24N2O4/c1-5-19-11(17)14-8-15-6-10(14)7-16(9-14)12(18)20-13(2,3)4/h10,15H,5-9H2,1-4H3/t10?,14-/m0/s1. The van der Waals surface area contributed by atoms with Gasteiger partial charge in [0.25, 0.3) is 0 Å². The fraction of sp³-hybridized carbons (Fsp3) is 0.857. The van der Waals surface area contributed by atoms with Crippen molar-refractivity contribution in [2.45, 2.75) is 33.3 Å². The summed E-state index contributed by atoms with van der Waals surface area (Å²) in [7, 11) is 0. The van der Waals surface area contributed by atoms with E-state index in [1.807, 2.05) is 20.8 Å². The number of fused-ring (bicyclic) bond motifs is 1. The highest BCUT2D eigenvalue weighted by molar-refractivity contribution is 5.81. The van der Waals surface area contributed by atoms with Crippen molar-refractivity contribution >= 4 is 12.1 Å². The molecule has 2 rings (SSSR count). The zero-order chi connectivity index (χ0) is 15.0. The third kappa shape index (κ3) is 2.75. The maximum absolute atomic E-state index is 12.3. The fourth-order valence-electron chi connectivity index (χ4n) is 2.95. The van der Waals surface area contributed by atoms with E-state index in [1.54, 1.807) is 11.8 Å². The Labute approximate surface area is 119 Å². The summed E-state index contributed by atoms with van der Waals surface area (Å²) in [5, 5.41) is 3.23. The molecule has 0 saturated carbocycles. The van der Waals surface area contributed by atoms with Gasteiger partial charge in [-0.3, -0.25) is 4.79 Å². The lowest BCUT2D eigenvalue weighted by Gasteiger charge is -2.27. The van der Waals surface area contributed by atoms with Gasteiger partial charge in [0.1, 0.15) is 11.0 Å². The number of likely N-dealkylation sites (tertiary alicyclic amines) is 1. The van der Waals surface area contributed by atoms with Crippen LogP contribution in [0, 0.1) is 11.3 Å². The lowest BCUT2D eigenvalue weighted by Crippen LogP contribution is -2.43. The number of rotatable bonds is 2. The number of nitrogens with zero attached hydrogens (tertiary/aromatic N) is 1. The molecule has 0 aromatic carbocycles. The highest BCUT2D eigenvalue weighted by Gasteiger charge is 2.57. The molecular formula is C14H24N2O4. The number of carbonyl (C=O) groups is 2. The molecule has 0 bridgehead atoms. The molecule has 0 aromatic heterocycles. The van der Waals surface area contributed by atoms with Gasteiger partial charge in [0.15, 0.2) is 0 Å². The minimum Gasteiger partial charge on any atom is -0.465 e. The molecule has 0 aliphatic carbocycles. The normalized spacial score (nSPS) is 29.2. The summed E-state index contributed by atoms with van der Waals surface area (Å²) in [4.78, 5) is 26.0. The van der Waals surface area contributed by atoms with Crippen molar-refractivity contribution in [2.75, 3.05) is 32.8 Å². The minimum absolute atomic E-state index is 0.106. The first-order valence-electron chi connectivity index (χ1n) is 7.14. The van der Waals surface area contributed by atoms with Crippen LogP contribution in [0.2, 0.25) is 0 Å². The number of ether oxygens (including phenoxy) is 2. The molecule has 2 heterocycles. The summed E-state index contributed by atoms with van der Waals surface area (Å²) in [6.07, 6.45) is -0.351. The van der Waals surface area contributed by atoms with Crippen molar-refractivity contribution in [2.24, 2.45) is 11.3 Å². The van der Waals surface area contributed by atoms with Crippen LogP contribution in [-0.4, -0.2) is 55.3 Å². The van der Waals surface area contributed by atoms with Gasteiger partial charge in [-0.2, -0.15) is 0 Å². The van der Waals surface area contributed by atoms with Crippen molar-refractivity contribution < 1.29 is 19.1 Å². The Morgan fingerprint density at radius 3 is 2.70 bits per heavy atom. The van der Waals surface area contributed by atoms with Crippen molar-refractivity contribution in [3.8, 4) is 0 Å². The number of hydrogen-bond donors (Lipinski definition) is 1. The Kier molecular flexibility index (Phi) is 3.95. The molecule has 0 aromatic rings. The first kappa shape index (κ1) is 15.1. The predicted molar refractivity (Wildman–Crippen MR) is 73.2 cm³/mol. The Morgan fingerprint density at radius 2 is 2.10 bits per heavy atom. The summed E-state index contributed by atoms with van der Waals surface area (Å²) in [5.41, 5.74) is -1.13. The number of amides is 1. The molecule has 1 N–H and O–H groups in total. The SMILES string of the molecule is CCOC(=O)[C@]12CNCC1CN(C(=O)OC(C)(C)C)C2. The Morgan fingerprint density at radius 1 is 1.40 bits per heavy atom. The van der Waals surface area contributed by atoms with E-state index in [9.17, 15) is 9.59 Å². The molecule has 2 fully saturated rings. The molecule has 114 valence electrons. The van der Waals surface area contributed by atoms with Crippen LogP contribution in [0.15, 0.2) is 0 Å². The quantitative estimate of drug-likeness (QED) is 0.766. The van der Waals surface area contributed by atoms with E-state index in [0.717, 1.165) is 6.54 Å². The molecule has 0 radical (unpaired) electrons. The van der Waals surface area contributed by atoms with Gasteiger partial charge in [-0.15, -0.1) is 0 Å². The lowest BCUT2D eigenvalue weighted by atomic mass is 9.81. The van der Waals surface area contributed by atoms with Crippen molar-refractivity contribution in [1.82, 2.24) is 10.2 Å². The highest BCUT2D eigenvalue weighted by Crippen LogP contribution is 2.40. The van der Waals surface area contributed by atoms with E-state index in [4.69, 9.17) is 9.47 Å². The van der Waals surface area contributed by atoms with Gasteiger partial charge in [-0.05, 0) is 27.7 Å². The lowest BCUT2D eigenvalue weighted by molar-refractivity contribution is -0.155. The maximum Gasteiger partial charge on any atom is 0.410 e. The second-order valence-corrected chi connectivity index (χ2v) is 6.57. The van der Waals surface area contributed by atoms with Gasteiger partial charge in [0.2, 0.25) is 0 Å². The molecule has 1 unspecified atom stereocenters. The van der Waals surface area contributed by atoms with E-state index < -0.39 is 11.0 Å². The van der Waals surface area contributed by atoms with Crippen molar-refractivity contribution in [1.29, 1.82) is 0 Å². The van der Waals surface area contributed by atoms with Crippen LogP contribution < -0.4 is 5.32 Å². The van der Waals surface area contributed by atoms with E-state index in [-0.39, 0.29) is 18.0 Å². The monoisotopic (exact) mass is 284 g/mol. The number of esters is 1. The van der Waals surface area contributed by atoms with E-state index in [0.29, 0.717) is 26.2 Å². The van der Waals surface area contributed by atoms with E-state index in [1.165, 1.54) is 0 Å². The molecule has 1 amide bonds. The molecule has 2 saturated heterocycles. The summed E-state index contributed by atoms with van der Waals surface area (Å²) in [6.45, 7) is 9.89. The third-order valence-corrected chi connectivity index (χ3v) is 3.86. The Bertz CT molecular complexity index is 404. The fourth-order valence-corrected chi connectivity index (χ4v) is 2.95. The van der Waals surface area contributed by atoms with Gasteiger partial charge in [0, 0.05) is 32.1 Å². The molecule has 6 heteroatoms. The van der Waals surface area contributed by atoms with Crippen LogP contribution in [-0.2, 0) is 14.3 Å². The number of hydrogen-bond acceptors (Lipinski definition) is 5. The average Bonchev–Trinajstić information content (AvgIpc) is 2.83. The highest BCUT2D eigenvalue weighted by atomic mass is 16.6. The van der Waals surface area contributed by atoms with Gasteiger partial charge < -0.3 is 19.7 Å². The summed E-state index contributed by atoms with van der Waals surface area (Å²) < 4.78 is 10.6. The molecule has 2 atom stereocenters. The predicted octanol–water partition coefficient (Wildman–Crippen LogP) is 1.01. The zero-order valence-corrected chi connectivity index (χ0v) is 12.7. The summed E-state index contributed by atoms with van der Waals surface area (Å²) in [6, 6.07) is 0.